The molecule has 0 amide bonds. The van der Waals surface area contributed by atoms with Gasteiger partial charge in [0.15, 0.2) is 8.32 Å². The van der Waals surface area contributed by atoms with Crippen LogP contribution in [0.3, 0.4) is 0 Å². The van der Waals surface area contributed by atoms with Crippen molar-refractivity contribution in [1.29, 1.82) is 0 Å². The number of ether oxygens (including phenoxy) is 2. The van der Waals surface area contributed by atoms with Crippen molar-refractivity contribution < 1.29 is 13.9 Å². The second-order valence-electron chi connectivity index (χ2n) is 6.60. The average Bonchev–Trinajstić information content (AvgIpc) is 2.29. The summed E-state index contributed by atoms with van der Waals surface area (Å²) in [7, 11) is -1.62. The third-order valence-corrected chi connectivity index (χ3v) is 3.88. The molecule has 0 radical (unpaired) electrons. The molecule has 0 aromatic carbocycles. The van der Waals surface area contributed by atoms with E-state index in [1.807, 2.05) is 13.8 Å². The van der Waals surface area contributed by atoms with Gasteiger partial charge >= 0.3 is 0 Å². The Hall–Kier alpha value is 0.0969. The molecule has 0 heterocycles. The van der Waals surface area contributed by atoms with Crippen molar-refractivity contribution in [2.75, 3.05) is 26.4 Å². The van der Waals surface area contributed by atoms with Gasteiger partial charge in [-0.15, -0.1) is 0 Å². The van der Waals surface area contributed by atoms with Gasteiger partial charge in [0.25, 0.3) is 0 Å². The van der Waals surface area contributed by atoms with Crippen molar-refractivity contribution in [2.45, 2.75) is 65.8 Å². The van der Waals surface area contributed by atoms with Crippen LogP contribution in [0.4, 0.5) is 0 Å². The molecule has 19 heavy (non-hydrogen) atoms. The number of rotatable bonds is 11. The molecule has 3 nitrogen and oxygen atoms in total. The molecular weight excluding hydrogens is 256 g/mol. The van der Waals surface area contributed by atoms with Crippen molar-refractivity contribution in [3.8, 4) is 0 Å². The summed E-state index contributed by atoms with van der Waals surface area (Å²) in [5.41, 5.74) is -0.263. The van der Waals surface area contributed by atoms with Gasteiger partial charge in [-0.3, -0.25) is 0 Å². The Bertz CT molecular complexity index is 216. The van der Waals surface area contributed by atoms with Gasteiger partial charge in [-0.05, 0) is 52.2 Å². The molecule has 0 unspecified atom stereocenters. The predicted molar refractivity (Wildman–Crippen MR) is 84.2 cm³/mol. The van der Waals surface area contributed by atoms with Gasteiger partial charge in [0.1, 0.15) is 5.60 Å². The maximum absolute atomic E-state index is 6.47. The first-order valence-corrected chi connectivity index (χ1v) is 11.0. The van der Waals surface area contributed by atoms with Crippen LogP contribution in [0.1, 0.15) is 40.5 Å². The molecule has 0 aromatic rings. The van der Waals surface area contributed by atoms with Crippen LogP contribution in [0.2, 0.25) is 19.6 Å². The quantitative estimate of drug-likeness (QED) is 0.537. The summed E-state index contributed by atoms with van der Waals surface area (Å²) < 4.78 is 17.9. The van der Waals surface area contributed by atoms with Gasteiger partial charge in [-0.25, -0.2) is 0 Å². The van der Waals surface area contributed by atoms with Gasteiger partial charge in [0, 0.05) is 13.2 Å². The largest absolute Gasteiger partial charge is 0.407 e. The Morgan fingerprint density at radius 2 is 1.42 bits per heavy atom. The van der Waals surface area contributed by atoms with E-state index in [4.69, 9.17) is 13.9 Å². The summed E-state index contributed by atoms with van der Waals surface area (Å²) in [6.45, 7) is 18.0. The third kappa shape index (κ3) is 9.60. The van der Waals surface area contributed by atoms with Crippen LogP contribution in [0.15, 0.2) is 0 Å². The lowest BCUT2D eigenvalue weighted by Crippen LogP contribution is -2.49. The normalized spacial score (nSPS) is 13.3. The van der Waals surface area contributed by atoms with Crippen molar-refractivity contribution in [1.82, 2.24) is 0 Å². The molecular formula is C15H34O3Si. The lowest BCUT2D eigenvalue weighted by atomic mass is 9.95. The van der Waals surface area contributed by atoms with E-state index in [2.05, 4.69) is 33.5 Å². The second-order valence-corrected chi connectivity index (χ2v) is 11.0. The average molecular weight is 291 g/mol. The highest BCUT2D eigenvalue weighted by atomic mass is 28.4. The van der Waals surface area contributed by atoms with Gasteiger partial charge in [-0.2, -0.15) is 0 Å². The molecule has 4 heteroatoms. The van der Waals surface area contributed by atoms with Crippen molar-refractivity contribution in [3.63, 3.8) is 0 Å². The summed E-state index contributed by atoms with van der Waals surface area (Å²) >= 11 is 0. The molecule has 0 atom stereocenters. The van der Waals surface area contributed by atoms with Crippen LogP contribution in [-0.2, 0) is 13.9 Å². The smallest absolute Gasteiger partial charge is 0.184 e. The van der Waals surface area contributed by atoms with E-state index < -0.39 is 8.32 Å². The van der Waals surface area contributed by atoms with E-state index in [1.54, 1.807) is 0 Å². The highest BCUT2D eigenvalue weighted by Crippen LogP contribution is 2.27. The third-order valence-electron chi connectivity index (χ3n) is 2.84. The van der Waals surface area contributed by atoms with E-state index in [1.165, 1.54) is 0 Å². The minimum Gasteiger partial charge on any atom is -0.407 e. The number of hydrogen-bond acceptors (Lipinski definition) is 3. The molecule has 0 rings (SSSR count). The van der Waals surface area contributed by atoms with E-state index in [-0.39, 0.29) is 5.60 Å². The van der Waals surface area contributed by atoms with Crippen LogP contribution in [0, 0.1) is 5.92 Å². The Morgan fingerprint density at radius 1 is 0.947 bits per heavy atom. The van der Waals surface area contributed by atoms with Gasteiger partial charge in [0.05, 0.1) is 13.2 Å². The van der Waals surface area contributed by atoms with Crippen LogP contribution >= 0.6 is 0 Å². The fourth-order valence-corrected chi connectivity index (χ4v) is 3.59. The van der Waals surface area contributed by atoms with Gasteiger partial charge in [0.2, 0.25) is 0 Å². The zero-order valence-electron chi connectivity index (χ0n) is 14.0. The summed E-state index contributed by atoms with van der Waals surface area (Å²) in [5, 5.41) is 0. The monoisotopic (exact) mass is 290 g/mol. The Labute approximate surface area is 121 Å². The molecule has 116 valence electrons. The van der Waals surface area contributed by atoms with Crippen molar-refractivity contribution in [2.24, 2.45) is 5.92 Å². The van der Waals surface area contributed by atoms with E-state index in [9.17, 15) is 0 Å². The summed E-state index contributed by atoms with van der Waals surface area (Å²) in [6, 6.07) is 0. The first kappa shape index (κ1) is 19.1. The van der Waals surface area contributed by atoms with Crippen LogP contribution in [0.25, 0.3) is 0 Å². The fourth-order valence-electron chi connectivity index (χ4n) is 2.07. The lowest BCUT2D eigenvalue weighted by molar-refractivity contribution is -0.0869. The molecule has 0 aliphatic carbocycles. The fraction of sp³-hybridized carbons (Fsp3) is 1.00. The maximum atomic E-state index is 6.47. The summed E-state index contributed by atoms with van der Waals surface area (Å²) in [4.78, 5) is 0. The molecule has 0 aliphatic heterocycles. The topological polar surface area (TPSA) is 27.7 Å². The molecule has 0 bridgehead atoms. The van der Waals surface area contributed by atoms with E-state index in [0.29, 0.717) is 19.1 Å². The van der Waals surface area contributed by atoms with Gasteiger partial charge < -0.3 is 13.9 Å². The Morgan fingerprint density at radius 3 is 1.74 bits per heavy atom. The van der Waals surface area contributed by atoms with Crippen molar-refractivity contribution in [3.05, 3.63) is 0 Å². The first-order valence-electron chi connectivity index (χ1n) is 7.60. The standard InChI is InChI=1S/C15H34O3Si/c1-8-16-12-15(13-17-9-2,11-10-14(3)4)18-19(5,6)7/h14H,8-13H2,1-7H3. The Balaban J connectivity index is 4.83. The summed E-state index contributed by atoms with van der Waals surface area (Å²) in [5.74, 6) is 0.674. The zero-order valence-corrected chi connectivity index (χ0v) is 15.0. The lowest BCUT2D eigenvalue weighted by Gasteiger charge is -2.39. The minimum atomic E-state index is -1.62. The van der Waals surface area contributed by atoms with E-state index >= 15 is 0 Å². The van der Waals surface area contributed by atoms with Crippen LogP contribution < -0.4 is 0 Å². The molecule has 0 spiro atoms. The van der Waals surface area contributed by atoms with Crippen LogP contribution in [0.5, 0.6) is 0 Å². The first-order chi connectivity index (χ1) is 8.74. The highest BCUT2D eigenvalue weighted by molar-refractivity contribution is 6.69. The molecule has 0 aromatic heterocycles. The number of hydrogen-bond donors (Lipinski definition) is 0. The van der Waals surface area contributed by atoms with Crippen molar-refractivity contribution >= 4 is 8.32 Å². The minimum absolute atomic E-state index is 0.263. The maximum Gasteiger partial charge on any atom is 0.184 e. The molecule has 0 saturated carbocycles. The van der Waals surface area contributed by atoms with E-state index in [0.717, 1.165) is 26.1 Å². The van der Waals surface area contributed by atoms with Gasteiger partial charge in [-0.1, -0.05) is 13.8 Å². The predicted octanol–water partition coefficient (Wildman–Crippen LogP) is 4.09. The summed E-state index contributed by atoms with van der Waals surface area (Å²) in [6.07, 6.45) is 2.15. The molecule has 0 N–H and O–H groups in total. The zero-order chi connectivity index (χ0) is 14.9. The molecule has 0 fully saturated rings. The van der Waals surface area contributed by atoms with Crippen LogP contribution in [-0.4, -0.2) is 40.3 Å². The highest BCUT2D eigenvalue weighted by Gasteiger charge is 2.36. The SMILES string of the molecule is CCOCC(CCC(C)C)(COCC)O[Si](C)(C)C. The Kier molecular flexibility index (Phi) is 9.16. The molecule has 0 saturated heterocycles. The second kappa shape index (κ2) is 9.11. The molecule has 0 aliphatic rings.